The Morgan fingerprint density at radius 1 is 0.422 bits per heavy atom. The van der Waals surface area contributed by atoms with Crippen molar-refractivity contribution in [3.8, 4) is 0 Å². The molecule has 8 atom stereocenters. The molecule has 0 amide bonds. The fourth-order valence-corrected chi connectivity index (χ4v) is 9.44. The average Bonchev–Trinajstić information content (AvgIpc) is 3.28. The van der Waals surface area contributed by atoms with E-state index in [0.29, 0.717) is 12.8 Å². The summed E-state index contributed by atoms with van der Waals surface area (Å²) < 4.78 is 33.6. The van der Waals surface area contributed by atoms with Gasteiger partial charge in [0.25, 0.3) is 0 Å². The highest BCUT2D eigenvalue weighted by Crippen LogP contribution is 2.47. The number of rotatable bonds is 45. The SMILES string of the molecule is CCCCCCCCCCCCCCCCCCCCCCCCCC(=O)O[C@H](COC(=O)CCCCCCCCCCCCCC)COP(=O)(O)OC1C(O)C(O)C(O)[C@H](O)C1O. The van der Waals surface area contributed by atoms with Gasteiger partial charge >= 0.3 is 19.8 Å². The van der Waals surface area contributed by atoms with E-state index in [1.807, 2.05) is 0 Å². The molecule has 64 heavy (non-hydrogen) atoms. The van der Waals surface area contributed by atoms with Gasteiger partial charge in [0.15, 0.2) is 6.10 Å². The lowest BCUT2D eigenvalue weighted by Gasteiger charge is -2.41. The van der Waals surface area contributed by atoms with Crippen LogP contribution in [0.1, 0.15) is 251 Å². The normalized spacial score (nSPS) is 21.4. The molecule has 0 spiro atoms. The Morgan fingerprint density at radius 3 is 1.03 bits per heavy atom. The zero-order valence-electron chi connectivity index (χ0n) is 40.6. The van der Waals surface area contributed by atoms with Gasteiger partial charge in [-0.25, -0.2) is 4.57 Å². The maximum atomic E-state index is 12.8. The quantitative estimate of drug-likeness (QED) is 0.0191. The minimum absolute atomic E-state index is 0.106. The van der Waals surface area contributed by atoms with Crippen molar-refractivity contribution in [2.75, 3.05) is 13.2 Å². The van der Waals surface area contributed by atoms with Gasteiger partial charge in [-0.1, -0.05) is 226 Å². The summed E-state index contributed by atoms with van der Waals surface area (Å²) in [4.78, 5) is 35.8. The molecular formula is C50H97O13P. The summed E-state index contributed by atoms with van der Waals surface area (Å²) in [6, 6.07) is 0. The highest BCUT2D eigenvalue weighted by Gasteiger charge is 2.51. The number of hydrogen-bond acceptors (Lipinski definition) is 12. The second-order valence-electron chi connectivity index (χ2n) is 18.7. The first kappa shape index (κ1) is 60.9. The van der Waals surface area contributed by atoms with E-state index >= 15 is 0 Å². The number of ether oxygens (including phenoxy) is 2. The number of aliphatic hydroxyl groups excluding tert-OH is 5. The van der Waals surface area contributed by atoms with E-state index in [2.05, 4.69) is 13.8 Å². The highest BCUT2D eigenvalue weighted by atomic mass is 31.2. The molecule has 0 aliphatic heterocycles. The molecule has 0 saturated heterocycles. The number of unbranched alkanes of at least 4 members (excludes halogenated alkanes) is 33. The lowest BCUT2D eigenvalue weighted by Crippen LogP contribution is -2.64. The van der Waals surface area contributed by atoms with Gasteiger partial charge in [0.05, 0.1) is 6.61 Å². The molecule has 1 rings (SSSR count). The fraction of sp³-hybridized carbons (Fsp3) is 0.960. The predicted molar refractivity (Wildman–Crippen MR) is 254 cm³/mol. The number of phosphoric acid groups is 1. The van der Waals surface area contributed by atoms with Gasteiger partial charge in [0, 0.05) is 12.8 Å². The van der Waals surface area contributed by atoms with Gasteiger partial charge in [-0.05, 0) is 12.8 Å². The third-order valence-corrected chi connectivity index (χ3v) is 13.7. The Bertz CT molecular complexity index is 1130. The molecule has 14 heteroatoms. The summed E-state index contributed by atoms with van der Waals surface area (Å²) in [6.45, 7) is 3.34. The first-order valence-electron chi connectivity index (χ1n) is 26.3. The minimum atomic E-state index is -5.11. The Labute approximate surface area is 389 Å². The second-order valence-corrected chi connectivity index (χ2v) is 20.2. The molecule has 6 N–H and O–H groups in total. The standard InChI is InChI=1S/C50H97O13P/c1-3-5-7-9-11-13-15-17-18-19-20-21-22-23-24-25-26-27-29-31-33-35-37-39-44(52)62-42(40-60-43(51)38-36-34-32-30-28-16-14-12-10-8-6-4-2)41-61-64(58,59)63-50-48(56)46(54)45(53)47(55)49(50)57/h42,45-50,53-57H,3-41H2,1-2H3,(H,58,59)/t42-,45?,46+,47?,48?,49?,50?/m1/s1. The van der Waals surface area contributed by atoms with Gasteiger partial charge in [-0.15, -0.1) is 0 Å². The fourth-order valence-electron chi connectivity index (χ4n) is 8.47. The molecule has 0 aromatic heterocycles. The molecule has 1 fully saturated rings. The Morgan fingerprint density at radius 2 is 0.703 bits per heavy atom. The van der Waals surface area contributed by atoms with Crippen molar-refractivity contribution in [3.05, 3.63) is 0 Å². The Balaban J connectivity index is 2.32. The van der Waals surface area contributed by atoms with E-state index in [0.717, 1.165) is 38.5 Å². The van der Waals surface area contributed by atoms with Crippen LogP contribution >= 0.6 is 7.82 Å². The molecule has 0 radical (unpaired) electrons. The molecule has 0 aromatic carbocycles. The first-order chi connectivity index (χ1) is 30.9. The van der Waals surface area contributed by atoms with Crippen LogP contribution in [0, 0.1) is 0 Å². The summed E-state index contributed by atoms with van der Waals surface area (Å²) in [5, 5.41) is 50.2. The van der Waals surface area contributed by atoms with Gasteiger partial charge in [-0.3, -0.25) is 18.6 Å². The van der Waals surface area contributed by atoms with Crippen molar-refractivity contribution in [3.63, 3.8) is 0 Å². The number of esters is 2. The van der Waals surface area contributed by atoms with Gasteiger partial charge in [-0.2, -0.15) is 0 Å². The van der Waals surface area contributed by atoms with Crippen LogP contribution in [0.4, 0.5) is 0 Å². The molecular weight excluding hydrogens is 840 g/mol. The Hall–Kier alpha value is -1.15. The predicted octanol–water partition coefficient (Wildman–Crippen LogP) is 11.2. The lowest BCUT2D eigenvalue weighted by atomic mass is 9.85. The lowest BCUT2D eigenvalue weighted by molar-refractivity contribution is -0.220. The van der Waals surface area contributed by atoms with Gasteiger partial charge in [0.2, 0.25) is 0 Å². The monoisotopic (exact) mass is 937 g/mol. The van der Waals surface area contributed by atoms with E-state index < -0.39 is 75.7 Å². The summed E-state index contributed by atoms with van der Waals surface area (Å²) in [7, 11) is -5.11. The van der Waals surface area contributed by atoms with E-state index in [-0.39, 0.29) is 12.8 Å². The summed E-state index contributed by atoms with van der Waals surface area (Å²) >= 11 is 0. The number of hydrogen-bond donors (Lipinski definition) is 6. The van der Waals surface area contributed by atoms with Crippen LogP contribution in [0.15, 0.2) is 0 Å². The molecule has 0 bridgehead atoms. The number of carbonyl (C=O) groups excluding carboxylic acids is 2. The van der Waals surface area contributed by atoms with E-state index in [4.69, 9.17) is 18.5 Å². The summed E-state index contributed by atoms with van der Waals surface area (Å²) in [5.74, 6) is -1.08. The van der Waals surface area contributed by atoms with Crippen LogP contribution in [0.25, 0.3) is 0 Å². The smallest absolute Gasteiger partial charge is 0.462 e. The molecule has 1 aliphatic rings. The van der Waals surface area contributed by atoms with Crippen LogP contribution in [0.5, 0.6) is 0 Å². The minimum Gasteiger partial charge on any atom is -0.462 e. The largest absolute Gasteiger partial charge is 0.472 e. The van der Waals surface area contributed by atoms with Gasteiger partial charge in [0.1, 0.15) is 43.2 Å². The average molecular weight is 937 g/mol. The summed E-state index contributed by atoms with van der Waals surface area (Å²) in [5.41, 5.74) is 0. The number of phosphoric ester groups is 1. The third-order valence-electron chi connectivity index (χ3n) is 12.7. The maximum Gasteiger partial charge on any atom is 0.472 e. The molecule has 0 heterocycles. The van der Waals surface area contributed by atoms with Crippen LogP contribution < -0.4 is 0 Å². The van der Waals surface area contributed by atoms with E-state index in [1.165, 1.54) is 173 Å². The molecule has 0 aromatic rings. The Kier molecular flexibility index (Phi) is 38.9. The molecule has 1 aliphatic carbocycles. The van der Waals surface area contributed by atoms with Crippen molar-refractivity contribution in [2.24, 2.45) is 0 Å². The summed E-state index contributed by atoms with van der Waals surface area (Å²) in [6.07, 6.45) is 30.2. The van der Waals surface area contributed by atoms with E-state index in [9.17, 15) is 44.6 Å². The highest BCUT2D eigenvalue weighted by molar-refractivity contribution is 7.47. The van der Waals surface area contributed by atoms with Crippen LogP contribution in [-0.4, -0.2) is 98.3 Å². The van der Waals surface area contributed by atoms with Crippen LogP contribution in [0.2, 0.25) is 0 Å². The van der Waals surface area contributed by atoms with Crippen LogP contribution in [-0.2, 0) is 32.7 Å². The number of carbonyl (C=O) groups is 2. The number of aliphatic hydroxyl groups is 5. The van der Waals surface area contributed by atoms with Gasteiger partial charge < -0.3 is 39.9 Å². The van der Waals surface area contributed by atoms with Crippen molar-refractivity contribution in [2.45, 2.75) is 294 Å². The van der Waals surface area contributed by atoms with Crippen molar-refractivity contribution >= 4 is 19.8 Å². The first-order valence-corrected chi connectivity index (χ1v) is 27.8. The maximum absolute atomic E-state index is 12.8. The zero-order chi connectivity index (χ0) is 47.1. The third kappa shape index (κ3) is 32.5. The zero-order valence-corrected chi connectivity index (χ0v) is 41.5. The topological polar surface area (TPSA) is 210 Å². The molecule has 380 valence electrons. The molecule has 1 saturated carbocycles. The van der Waals surface area contributed by atoms with Crippen LogP contribution in [0.3, 0.4) is 0 Å². The molecule has 6 unspecified atom stereocenters. The van der Waals surface area contributed by atoms with Crippen molar-refractivity contribution in [1.29, 1.82) is 0 Å². The van der Waals surface area contributed by atoms with Crippen molar-refractivity contribution < 1.29 is 63.1 Å². The van der Waals surface area contributed by atoms with Crippen molar-refractivity contribution in [1.82, 2.24) is 0 Å². The van der Waals surface area contributed by atoms with E-state index in [1.54, 1.807) is 0 Å². The second kappa shape index (κ2) is 40.9. The molecule has 13 nitrogen and oxygen atoms in total.